The van der Waals surface area contributed by atoms with E-state index in [2.05, 4.69) is 23.8 Å². The molecule has 0 aliphatic carbocycles. The van der Waals surface area contributed by atoms with Crippen LogP contribution in [0.2, 0.25) is 0 Å². The molecule has 2 rings (SSSR count). The highest BCUT2D eigenvalue weighted by Crippen LogP contribution is 2.21. The van der Waals surface area contributed by atoms with Gasteiger partial charge in [0, 0.05) is 12.4 Å². The predicted octanol–water partition coefficient (Wildman–Crippen LogP) is 2.92. The third kappa shape index (κ3) is 2.47. The number of carboxylic acid groups (broad SMARTS) is 1. The van der Waals surface area contributed by atoms with Gasteiger partial charge in [0.1, 0.15) is 5.52 Å². The zero-order chi connectivity index (χ0) is 13.1. The Labute approximate surface area is 106 Å². The molecule has 0 bridgehead atoms. The van der Waals surface area contributed by atoms with Crippen LogP contribution in [0, 0.1) is 5.92 Å². The molecule has 0 aliphatic heterocycles. The lowest BCUT2D eigenvalue weighted by Gasteiger charge is -2.08. The fraction of sp³-hybridized carbons (Fsp3) is 0.357. The molecular formula is C14H16N2O2. The van der Waals surface area contributed by atoms with E-state index in [9.17, 15) is 4.79 Å². The minimum atomic E-state index is -0.962. The number of nitrogens with zero attached hydrogens (tertiary/aromatic N) is 2. The highest BCUT2D eigenvalue weighted by atomic mass is 16.4. The first-order valence-electron chi connectivity index (χ1n) is 6.05. The number of hydrogen-bond acceptors (Lipinski definition) is 3. The molecule has 1 aromatic carbocycles. The molecule has 0 saturated carbocycles. The maximum atomic E-state index is 11.1. The molecule has 1 N–H and O–H groups in total. The van der Waals surface area contributed by atoms with E-state index in [4.69, 9.17) is 5.11 Å². The summed E-state index contributed by atoms with van der Waals surface area (Å²) in [6.45, 7) is 4.33. The minimum Gasteiger partial charge on any atom is -0.478 e. The molecule has 94 valence electrons. The van der Waals surface area contributed by atoms with Gasteiger partial charge in [-0.2, -0.15) is 0 Å². The normalized spacial score (nSPS) is 11.1. The van der Waals surface area contributed by atoms with Crippen LogP contribution < -0.4 is 0 Å². The Bertz CT molecular complexity index is 579. The van der Waals surface area contributed by atoms with Crippen molar-refractivity contribution >= 4 is 17.0 Å². The van der Waals surface area contributed by atoms with Crippen molar-refractivity contribution in [1.29, 1.82) is 0 Å². The largest absolute Gasteiger partial charge is 0.478 e. The van der Waals surface area contributed by atoms with Gasteiger partial charge in [0.25, 0.3) is 0 Å². The maximum Gasteiger partial charge on any atom is 0.337 e. The predicted molar refractivity (Wildman–Crippen MR) is 69.7 cm³/mol. The maximum absolute atomic E-state index is 11.1. The van der Waals surface area contributed by atoms with Gasteiger partial charge in [0.15, 0.2) is 0 Å². The Kier molecular flexibility index (Phi) is 3.55. The second-order valence-corrected chi connectivity index (χ2v) is 4.76. The molecule has 0 aliphatic rings. The Morgan fingerprint density at radius 2 is 1.89 bits per heavy atom. The van der Waals surface area contributed by atoms with Gasteiger partial charge in [-0.05, 0) is 30.4 Å². The summed E-state index contributed by atoms with van der Waals surface area (Å²) in [5.41, 5.74) is 2.47. The van der Waals surface area contributed by atoms with E-state index >= 15 is 0 Å². The van der Waals surface area contributed by atoms with Crippen molar-refractivity contribution in [2.45, 2.75) is 26.7 Å². The van der Waals surface area contributed by atoms with Crippen LogP contribution in [-0.4, -0.2) is 21.0 Å². The number of fused-ring (bicyclic) bond motifs is 1. The van der Waals surface area contributed by atoms with Crippen molar-refractivity contribution in [1.82, 2.24) is 9.97 Å². The molecule has 4 heteroatoms. The van der Waals surface area contributed by atoms with Crippen molar-refractivity contribution < 1.29 is 9.90 Å². The van der Waals surface area contributed by atoms with E-state index in [1.54, 1.807) is 12.3 Å². The Morgan fingerprint density at radius 1 is 1.22 bits per heavy atom. The second-order valence-electron chi connectivity index (χ2n) is 4.76. The SMILES string of the molecule is CC(C)CCc1ccc(C(=O)O)c2nccnc12. The van der Waals surface area contributed by atoms with Crippen LogP contribution >= 0.6 is 0 Å². The quantitative estimate of drug-likeness (QED) is 0.898. The fourth-order valence-electron chi connectivity index (χ4n) is 1.93. The van der Waals surface area contributed by atoms with Gasteiger partial charge in [-0.1, -0.05) is 19.9 Å². The summed E-state index contributed by atoms with van der Waals surface area (Å²) >= 11 is 0. The summed E-state index contributed by atoms with van der Waals surface area (Å²) in [6, 6.07) is 3.47. The molecule has 0 atom stereocenters. The molecule has 0 spiro atoms. The molecule has 0 saturated heterocycles. The Hall–Kier alpha value is -1.97. The van der Waals surface area contributed by atoms with E-state index in [0.717, 1.165) is 18.4 Å². The molecule has 1 heterocycles. The topological polar surface area (TPSA) is 63.1 Å². The van der Waals surface area contributed by atoms with Crippen molar-refractivity contribution in [3.63, 3.8) is 0 Å². The number of aromatic carboxylic acids is 1. The van der Waals surface area contributed by atoms with Crippen LogP contribution in [0.3, 0.4) is 0 Å². The number of carboxylic acids is 1. The van der Waals surface area contributed by atoms with E-state index in [1.807, 2.05) is 6.07 Å². The highest BCUT2D eigenvalue weighted by molar-refractivity contribution is 6.01. The van der Waals surface area contributed by atoms with Gasteiger partial charge in [-0.25, -0.2) is 4.79 Å². The highest BCUT2D eigenvalue weighted by Gasteiger charge is 2.13. The van der Waals surface area contributed by atoms with Gasteiger partial charge in [0.05, 0.1) is 11.1 Å². The van der Waals surface area contributed by atoms with Gasteiger partial charge < -0.3 is 5.11 Å². The number of hydrogen-bond donors (Lipinski definition) is 1. The van der Waals surface area contributed by atoms with E-state index in [0.29, 0.717) is 17.0 Å². The molecule has 1 aromatic heterocycles. The molecule has 0 unspecified atom stereocenters. The molecule has 2 aromatic rings. The number of aryl methyl sites for hydroxylation is 1. The molecule has 0 radical (unpaired) electrons. The summed E-state index contributed by atoms with van der Waals surface area (Å²) in [6.07, 6.45) is 5.08. The fourth-order valence-corrected chi connectivity index (χ4v) is 1.93. The van der Waals surface area contributed by atoms with Gasteiger partial charge in [-0.15, -0.1) is 0 Å². The van der Waals surface area contributed by atoms with Crippen molar-refractivity contribution in [2.24, 2.45) is 5.92 Å². The lowest BCUT2D eigenvalue weighted by atomic mass is 9.99. The van der Waals surface area contributed by atoms with Gasteiger partial charge in [-0.3, -0.25) is 9.97 Å². The van der Waals surface area contributed by atoms with Crippen LogP contribution in [0.5, 0.6) is 0 Å². The number of carbonyl (C=O) groups is 1. The van der Waals surface area contributed by atoms with Gasteiger partial charge >= 0.3 is 5.97 Å². The first-order chi connectivity index (χ1) is 8.59. The Balaban J connectivity index is 2.50. The third-order valence-corrected chi connectivity index (χ3v) is 2.93. The van der Waals surface area contributed by atoms with E-state index < -0.39 is 5.97 Å². The second kappa shape index (κ2) is 5.12. The van der Waals surface area contributed by atoms with E-state index in [-0.39, 0.29) is 5.56 Å². The van der Waals surface area contributed by atoms with Crippen LogP contribution in [0.15, 0.2) is 24.5 Å². The molecular weight excluding hydrogens is 228 g/mol. The van der Waals surface area contributed by atoms with Crippen LogP contribution in [0.25, 0.3) is 11.0 Å². The number of benzene rings is 1. The minimum absolute atomic E-state index is 0.214. The van der Waals surface area contributed by atoms with Crippen molar-refractivity contribution in [3.8, 4) is 0 Å². The van der Waals surface area contributed by atoms with Crippen molar-refractivity contribution in [2.75, 3.05) is 0 Å². The average molecular weight is 244 g/mol. The first kappa shape index (κ1) is 12.5. The molecule has 18 heavy (non-hydrogen) atoms. The summed E-state index contributed by atoms with van der Waals surface area (Å²) in [5, 5.41) is 9.12. The number of aromatic nitrogens is 2. The van der Waals surface area contributed by atoms with Crippen LogP contribution in [0.1, 0.15) is 36.2 Å². The molecule has 0 amide bonds. The summed E-state index contributed by atoms with van der Waals surface area (Å²) < 4.78 is 0. The smallest absolute Gasteiger partial charge is 0.337 e. The van der Waals surface area contributed by atoms with Crippen molar-refractivity contribution in [3.05, 3.63) is 35.7 Å². The lowest BCUT2D eigenvalue weighted by Crippen LogP contribution is -2.02. The molecule has 0 fully saturated rings. The summed E-state index contributed by atoms with van der Waals surface area (Å²) in [7, 11) is 0. The number of rotatable bonds is 4. The first-order valence-corrected chi connectivity index (χ1v) is 6.05. The zero-order valence-electron chi connectivity index (χ0n) is 10.6. The summed E-state index contributed by atoms with van der Waals surface area (Å²) in [4.78, 5) is 19.5. The molecule has 4 nitrogen and oxygen atoms in total. The third-order valence-electron chi connectivity index (χ3n) is 2.93. The van der Waals surface area contributed by atoms with Crippen LogP contribution in [0.4, 0.5) is 0 Å². The van der Waals surface area contributed by atoms with E-state index in [1.165, 1.54) is 6.20 Å². The van der Waals surface area contributed by atoms with Gasteiger partial charge in [0.2, 0.25) is 0 Å². The summed E-state index contributed by atoms with van der Waals surface area (Å²) in [5.74, 6) is -0.355. The zero-order valence-corrected chi connectivity index (χ0v) is 10.6. The standard InChI is InChI=1S/C14H16N2O2/c1-9(2)3-4-10-5-6-11(14(17)18)13-12(10)15-7-8-16-13/h5-9H,3-4H2,1-2H3,(H,17,18). The Morgan fingerprint density at radius 3 is 2.50 bits per heavy atom. The average Bonchev–Trinajstić information content (AvgIpc) is 2.35. The monoisotopic (exact) mass is 244 g/mol. The lowest BCUT2D eigenvalue weighted by molar-refractivity contribution is 0.0699. The van der Waals surface area contributed by atoms with Crippen LogP contribution in [-0.2, 0) is 6.42 Å².